The van der Waals surface area contributed by atoms with Crippen LogP contribution in [0, 0.1) is 0 Å². The summed E-state index contributed by atoms with van der Waals surface area (Å²) >= 11 is 0. The quantitative estimate of drug-likeness (QED) is 0.720. The van der Waals surface area contributed by atoms with Gasteiger partial charge in [0.15, 0.2) is 0 Å². The van der Waals surface area contributed by atoms with Gasteiger partial charge < -0.3 is 14.7 Å². The molecule has 0 saturated carbocycles. The summed E-state index contributed by atoms with van der Waals surface area (Å²) in [7, 11) is 1.62. The fraction of sp³-hybridized carbons (Fsp3) is 0.0769. The molecule has 0 unspecified atom stereocenters. The first-order valence-electron chi connectivity index (χ1n) is 5.49. The monoisotopic (exact) mass is 241 g/mol. The third kappa shape index (κ3) is 1.57. The summed E-state index contributed by atoms with van der Waals surface area (Å²) in [4.78, 5) is 21.5. The maximum absolute atomic E-state index is 11.8. The Morgan fingerprint density at radius 3 is 2.67 bits per heavy atom. The number of fused-ring (bicyclic) bond motifs is 1. The second-order valence-corrected chi connectivity index (χ2v) is 3.89. The van der Waals surface area contributed by atoms with Crippen molar-refractivity contribution in [2.45, 2.75) is 0 Å². The molecule has 3 aromatic rings. The van der Waals surface area contributed by atoms with E-state index in [0.717, 1.165) is 16.9 Å². The molecule has 5 nitrogen and oxygen atoms in total. The number of H-pyrrole nitrogens is 2. The molecule has 2 heterocycles. The van der Waals surface area contributed by atoms with E-state index in [-0.39, 0.29) is 5.56 Å². The van der Waals surface area contributed by atoms with Crippen molar-refractivity contribution < 1.29 is 4.74 Å². The Hall–Kier alpha value is -2.56. The Labute approximate surface area is 102 Å². The highest BCUT2D eigenvalue weighted by Gasteiger charge is 2.10. The van der Waals surface area contributed by atoms with Crippen LogP contribution in [-0.2, 0) is 0 Å². The maximum atomic E-state index is 11.8. The summed E-state index contributed by atoms with van der Waals surface area (Å²) in [6.07, 6.45) is 3.17. The van der Waals surface area contributed by atoms with Crippen molar-refractivity contribution in [2.75, 3.05) is 7.11 Å². The van der Waals surface area contributed by atoms with Gasteiger partial charge in [0.2, 0.25) is 0 Å². The number of hydrogen-bond donors (Lipinski definition) is 2. The van der Waals surface area contributed by atoms with E-state index in [1.165, 1.54) is 6.33 Å². The average molecular weight is 241 g/mol. The Bertz CT molecular complexity index is 741. The molecule has 2 aromatic heterocycles. The topological polar surface area (TPSA) is 70.8 Å². The lowest BCUT2D eigenvalue weighted by molar-refractivity contribution is 0.415. The first-order chi connectivity index (χ1) is 8.79. The molecule has 90 valence electrons. The van der Waals surface area contributed by atoms with Gasteiger partial charge in [-0.3, -0.25) is 4.79 Å². The summed E-state index contributed by atoms with van der Waals surface area (Å²) < 4.78 is 5.11. The molecule has 0 radical (unpaired) electrons. The van der Waals surface area contributed by atoms with Crippen LogP contribution in [-0.4, -0.2) is 22.1 Å². The van der Waals surface area contributed by atoms with Crippen LogP contribution in [0.5, 0.6) is 5.75 Å². The maximum Gasteiger partial charge on any atom is 0.260 e. The van der Waals surface area contributed by atoms with Crippen molar-refractivity contribution >= 4 is 11.0 Å². The van der Waals surface area contributed by atoms with Gasteiger partial charge in [0, 0.05) is 11.8 Å². The van der Waals surface area contributed by atoms with Crippen molar-refractivity contribution in [1.29, 1.82) is 0 Å². The zero-order valence-corrected chi connectivity index (χ0v) is 9.73. The predicted octanol–water partition coefficient (Wildman–Crippen LogP) is 1.93. The molecule has 0 aliphatic rings. The number of aromatic nitrogens is 3. The second kappa shape index (κ2) is 4.03. The van der Waals surface area contributed by atoms with Crippen molar-refractivity contribution in [3.63, 3.8) is 0 Å². The second-order valence-electron chi connectivity index (χ2n) is 3.89. The van der Waals surface area contributed by atoms with Crippen LogP contribution in [0.3, 0.4) is 0 Å². The van der Waals surface area contributed by atoms with Crippen molar-refractivity contribution in [3.8, 4) is 16.9 Å². The first-order valence-corrected chi connectivity index (χ1v) is 5.49. The fourth-order valence-corrected chi connectivity index (χ4v) is 1.97. The number of hydrogen-bond acceptors (Lipinski definition) is 3. The lowest BCUT2D eigenvalue weighted by Crippen LogP contribution is -2.05. The van der Waals surface area contributed by atoms with Crippen LogP contribution >= 0.6 is 0 Å². The van der Waals surface area contributed by atoms with Crippen LogP contribution in [0.15, 0.2) is 41.6 Å². The number of benzene rings is 1. The van der Waals surface area contributed by atoms with Crippen LogP contribution < -0.4 is 10.3 Å². The molecule has 5 heteroatoms. The van der Waals surface area contributed by atoms with Gasteiger partial charge in [-0.1, -0.05) is 12.1 Å². The Balaban J connectivity index is 2.22. The van der Waals surface area contributed by atoms with Gasteiger partial charge in [-0.2, -0.15) is 0 Å². The summed E-state index contributed by atoms with van der Waals surface area (Å²) in [5.74, 6) is 0.783. The highest BCUT2D eigenvalue weighted by molar-refractivity contribution is 5.92. The minimum absolute atomic E-state index is 0.146. The number of rotatable bonds is 2. The Kier molecular flexibility index (Phi) is 2.37. The van der Waals surface area contributed by atoms with Crippen molar-refractivity contribution in [1.82, 2.24) is 15.0 Å². The van der Waals surface area contributed by atoms with Gasteiger partial charge in [0.25, 0.3) is 5.56 Å². The zero-order chi connectivity index (χ0) is 12.5. The molecular weight excluding hydrogens is 230 g/mol. The number of ether oxygens (including phenoxy) is 1. The molecule has 2 N–H and O–H groups in total. The van der Waals surface area contributed by atoms with Gasteiger partial charge in [-0.15, -0.1) is 0 Å². The fourth-order valence-electron chi connectivity index (χ4n) is 1.97. The molecule has 0 aliphatic heterocycles. The third-order valence-corrected chi connectivity index (χ3v) is 2.88. The molecule has 0 aliphatic carbocycles. The highest BCUT2D eigenvalue weighted by Crippen LogP contribution is 2.26. The van der Waals surface area contributed by atoms with E-state index in [0.29, 0.717) is 11.0 Å². The molecule has 0 saturated heterocycles. The summed E-state index contributed by atoms with van der Waals surface area (Å²) in [6, 6.07) is 7.54. The normalized spacial score (nSPS) is 10.7. The van der Waals surface area contributed by atoms with E-state index < -0.39 is 0 Å². The van der Waals surface area contributed by atoms with E-state index >= 15 is 0 Å². The number of methoxy groups -OCH3 is 1. The molecule has 0 spiro atoms. The summed E-state index contributed by atoms with van der Waals surface area (Å²) in [5.41, 5.74) is 2.22. The van der Waals surface area contributed by atoms with Crippen molar-refractivity contribution in [3.05, 3.63) is 47.1 Å². The summed E-state index contributed by atoms with van der Waals surface area (Å²) in [5, 5.41) is 0.572. The largest absolute Gasteiger partial charge is 0.497 e. The smallest absolute Gasteiger partial charge is 0.260 e. The van der Waals surface area contributed by atoms with E-state index in [1.807, 2.05) is 24.3 Å². The minimum atomic E-state index is -0.146. The van der Waals surface area contributed by atoms with Gasteiger partial charge in [-0.05, 0) is 17.7 Å². The lowest BCUT2D eigenvalue weighted by atomic mass is 10.1. The molecule has 3 rings (SSSR count). The zero-order valence-electron chi connectivity index (χ0n) is 9.73. The first kappa shape index (κ1) is 10.6. The molecule has 0 amide bonds. The number of nitrogens with one attached hydrogen (secondary N) is 2. The van der Waals surface area contributed by atoms with Crippen LogP contribution in [0.1, 0.15) is 0 Å². The minimum Gasteiger partial charge on any atom is -0.497 e. The molecule has 0 atom stereocenters. The standard InChI is InChI=1S/C13H11N3O2/c1-18-9-4-2-8(3-5-9)10-6-14-12-11(10)13(17)16-7-15-12/h2-7H,1H3,(H2,14,15,16,17). The number of aromatic amines is 2. The van der Waals surface area contributed by atoms with E-state index in [2.05, 4.69) is 15.0 Å². The SMILES string of the molecule is COc1ccc(-c2c[nH]c3nc[nH]c(=O)c23)cc1. The highest BCUT2D eigenvalue weighted by atomic mass is 16.5. The molecule has 0 bridgehead atoms. The van der Waals surface area contributed by atoms with E-state index in [4.69, 9.17) is 4.74 Å². The van der Waals surface area contributed by atoms with E-state index in [1.54, 1.807) is 13.3 Å². The van der Waals surface area contributed by atoms with Gasteiger partial charge in [-0.25, -0.2) is 4.98 Å². The summed E-state index contributed by atoms with van der Waals surface area (Å²) in [6.45, 7) is 0. The van der Waals surface area contributed by atoms with E-state index in [9.17, 15) is 4.79 Å². The molecular formula is C13H11N3O2. The van der Waals surface area contributed by atoms with Crippen molar-refractivity contribution in [2.24, 2.45) is 0 Å². The Morgan fingerprint density at radius 1 is 1.17 bits per heavy atom. The van der Waals surface area contributed by atoms with Gasteiger partial charge in [0.1, 0.15) is 11.4 Å². The predicted molar refractivity (Wildman–Crippen MR) is 68.7 cm³/mol. The average Bonchev–Trinajstić information content (AvgIpc) is 2.84. The van der Waals surface area contributed by atoms with Gasteiger partial charge in [0.05, 0.1) is 18.8 Å². The Morgan fingerprint density at radius 2 is 1.94 bits per heavy atom. The van der Waals surface area contributed by atoms with Crippen LogP contribution in [0.25, 0.3) is 22.2 Å². The van der Waals surface area contributed by atoms with Crippen LogP contribution in [0.4, 0.5) is 0 Å². The lowest BCUT2D eigenvalue weighted by Gasteiger charge is -2.01. The number of nitrogens with zero attached hydrogens (tertiary/aromatic N) is 1. The molecule has 1 aromatic carbocycles. The molecule has 18 heavy (non-hydrogen) atoms. The molecule has 0 fully saturated rings. The third-order valence-electron chi connectivity index (χ3n) is 2.88. The van der Waals surface area contributed by atoms with Gasteiger partial charge >= 0.3 is 0 Å². The van der Waals surface area contributed by atoms with Crippen LogP contribution in [0.2, 0.25) is 0 Å².